The van der Waals surface area contributed by atoms with Crippen LogP contribution in [0.15, 0.2) is 24.3 Å². The highest BCUT2D eigenvalue weighted by Crippen LogP contribution is 2.34. The molecule has 6 heteroatoms. The largest absolute Gasteiger partial charge is 0.303 e. The molecule has 0 bridgehead atoms. The van der Waals surface area contributed by atoms with E-state index in [0.29, 0.717) is 11.3 Å². The summed E-state index contributed by atoms with van der Waals surface area (Å²) >= 11 is 0. The van der Waals surface area contributed by atoms with Crippen molar-refractivity contribution in [1.29, 1.82) is 5.26 Å². The van der Waals surface area contributed by atoms with Crippen LogP contribution in [0.2, 0.25) is 0 Å². The van der Waals surface area contributed by atoms with Gasteiger partial charge in [-0.1, -0.05) is 0 Å². The number of nitrogens with two attached hydrogens (primary N) is 2. The molecule has 0 saturated heterocycles. The van der Waals surface area contributed by atoms with Crippen molar-refractivity contribution >= 4 is 13.3 Å². The van der Waals surface area contributed by atoms with Crippen molar-refractivity contribution in [2.24, 2.45) is 11.0 Å². The van der Waals surface area contributed by atoms with Gasteiger partial charge in [-0.25, -0.2) is 0 Å². The summed E-state index contributed by atoms with van der Waals surface area (Å²) in [7, 11) is -1.71. The maximum absolute atomic E-state index is 11.3. The lowest BCUT2D eigenvalue weighted by atomic mass is 10.2. The van der Waals surface area contributed by atoms with Gasteiger partial charge in [0.25, 0.3) is 7.59 Å². The van der Waals surface area contributed by atoms with Crippen molar-refractivity contribution in [2.75, 3.05) is 11.7 Å². The van der Waals surface area contributed by atoms with Gasteiger partial charge in [0, 0.05) is 12.7 Å². The van der Waals surface area contributed by atoms with E-state index in [2.05, 4.69) is 0 Å². The second-order valence-corrected chi connectivity index (χ2v) is 4.80. The van der Waals surface area contributed by atoms with E-state index < -0.39 is 7.59 Å². The number of hydrogen-bond donors (Lipinski definition) is 2. The molecule has 14 heavy (non-hydrogen) atoms. The van der Waals surface area contributed by atoms with E-state index in [0.717, 1.165) is 0 Å². The highest BCUT2D eigenvalue weighted by molar-refractivity contribution is 7.60. The Bertz CT molecular complexity index is 402. The van der Waals surface area contributed by atoms with Crippen molar-refractivity contribution in [3.05, 3.63) is 29.8 Å². The van der Waals surface area contributed by atoms with Crippen LogP contribution in [0.25, 0.3) is 0 Å². The lowest BCUT2D eigenvalue weighted by Gasteiger charge is -2.22. The summed E-state index contributed by atoms with van der Waals surface area (Å²) in [6, 6.07) is 8.49. The molecule has 1 aromatic carbocycles. The number of hydrogen-bond acceptors (Lipinski definition) is 2. The maximum Gasteiger partial charge on any atom is 0.300 e. The predicted molar refractivity (Wildman–Crippen MR) is 55.5 cm³/mol. The molecule has 0 amide bonds. The minimum Gasteiger partial charge on any atom is -0.303 e. The van der Waals surface area contributed by atoms with Crippen LogP contribution in [0.4, 0.5) is 5.69 Å². The van der Waals surface area contributed by atoms with Crippen LogP contribution < -0.4 is 15.7 Å². The van der Waals surface area contributed by atoms with Crippen molar-refractivity contribution in [1.82, 2.24) is 0 Å². The van der Waals surface area contributed by atoms with E-state index in [1.807, 2.05) is 6.07 Å². The van der Waals surface area contributed by atoms with Gasteiger partial charge in [-0.3, -0.25) is 15.6 Å². The molecule has 4 N–H and O–H groups in total. The maximum atomic E-state index is 11.3. The zero-order valence-corrected chi connectivity index (χ0v) is 8.61. The number of nitrogens with zero attached hydrogens (tertiary/aromatic N) is 2. The number of anilines is 1. The van der Waals surface area contributed by atoms with E-state index in [1.54, 1.807) is 31.3 Å². The summed E-state index contributed by atoms with van der Waals surface area (Å²) < 4.78 is 12.6. The Labute approximate surface area is 82.5 Å². The first-order chi connectivity index (χ1) is 6.45. The quantitative estimate of drug-likeness (QED) is 0.710. The third-order valence-corrected chi connectivity index (χ3v) is 3.01. The van der Waals surface area contributed by atoms with Gasteiger partial charge in [0.1, 0.15) is 0 Å². The molecule has 1 aromatic rings. The smallest absolute Gasteiger partial charge is 0.300 e. The zero-order chi connectivity index (χ0) is 10.8. The average Bonchev–Trinajstić information content (AvgIpc) is 2.15. The molecular weight excluding hydrogens is 199 g/mol. The van der Waals surface area contributed by atoms with Crippen LogP contribution in [-0.2, 0) is 4.57 Å². The van der Waals surface area contributed by atoms with Crippen molar-refractivity contribution in [2.45, 2.75) is 0 Å². The molecule has 0 aliphatic carbocycles. The minimum atomic E-state index is -3.25. The number of nitriles is 1. The third kappa shape index (κ3) is 2.33. The third-order valence-electron chi connectivity index (χ3n) is 1.84. The van der Waals surface area contributed by atoms with E-state index in [-0.39, 0.29) is 0 Å². The Morgan fingerprint density at radius 1 is 1.36 bits per heavy atom. The molecule has 0 unspecified atom stereocenters. The molecule has 0 aromatic heterocycles. The van der Waals surface area contributed by atoms with Crippen LogP contribution in [0.5, 0.6) is 0 Å². The molecule has 0 radical (unpaired) electrons. The van der Waals surface area contributed by atoms with E-state index in [9.17, 15) is 4.57 Å². The summed E-state index contributed by atoms with van der Waals surface area (Å²) in [6.07, 6.45) is 0. The first-order valence-electron chi connectivity index (χ1n) is 3.86. The van der Waals surface area contributed by atoms with Crippen molar-refractivity contribution in [3.8, 4) is 6.07 Å². The Morgan fingerprint density at radius 2 is 1.86 bits per heavy atom. The van der Waals surface area contributed by atoms with Gasteiger partial charge in [0.2, 0.25) is 0 Å². The van der Waals surface area contributed by atoms with Crippen molar-refractivity contribution < 1.29 is 4.57 Å². The first-order valence-corrected chi connectivity index (χ1v) is 5.66. The molecule has 0 fully saturated rings. The second kappa shape index (κ2) is 3.81. The summed E-state index contributed by atoms with van der Waals surface area (Å²) in [5.74, 6) is 0. The van der Waals surface area contributed by atoms with Gasteiger partial charge < -0.3 is 4.67 Å². The molecular formula is C8H11N4OP. The Hall–Kier alpha value is -1.34. The first kappa shape index (κ1) is 10.7. The number of rotatable bonds is 2. The molecule has 0 aliphatic heterocycles. The second-order valence-electron chi connectivity index (χ2n) is 2.85. The van der Waals surface area contributed by atoms with E-state index in [4.69, 9.17) is 16.3 Å². The number of benzene rings is 1. The molecule has 0 atom stereocenters. The monoisotopic (exact) mass is 210 g/mol. The van der Waals surface area contributed by atoms with Crippen LogP contribution >= 0.6 is 7.59 Å². The Balaban J connectivity index is 3.00. The molecule has 74 valence electrons. The minimum absolute atomic E-state index is 0.533. The molecule has 0 saturated carbocycles. The lowest BCUT2D eigenvalue weighted by molar-refractivity contribution is 0.575. The molecule has 0 aliphatic rings. The van der Waals surface area contributed by atoms with Gasteiger partial charge in [-0.2, -0.15) is 5.26 Å². The molecule has 1 rings (SSSR count). The summed E-state index contributed by atoms with van der Waals surface area (Å²) in [5.41, 5.74) is 11.7. The predicted octanol–water partition coefficient (Wildman–Crippen LogP) is 1.02. The average molecular weight is 210 g/mol. The molecule has 0 spiro atoms. The van der Waals surface area contributed by atoms with Crippen molar-refractivity contribution in [3.63, 3.8) is 0 Å². The van der Waals surface area contributed by atoms with Crippen LogP contribution in [0.3, 0.4) is 0 Å². The van der Waals surface area contributed by atoms with E-state index in [1.165, 1.54) is 4.67 Å². The van der Waals surface area contributed by atoms with Gasteiger partial charge in [-0.05, 0) is 24.3 Å². The van der Waals surface area contributed by atoms with Gasteiger partial charge in [-0.15, -0.1) is 0 Å². The fourth-order valence-electron chi connectivity index (χ4n) is 0.932. The van der Waals surface area contributed by atoms with E-state index >= 15 is 0 Å². The van der Waals surface area contributed by atoms with Gasteiger partial charge >= 0.3 is 0 Å². The van der Waals surface area contributed by atoms with Gasteiger partial charge in [0.15, 0.2) is 0 Å². The van der Waals surface area contributed by atoms with Crippen LogP contribution in [0, 0.1) is 11.3 Å². The summed E-state index contributed by atoms with van der Waals surface area (Å²) in [6.45, 7) is 0. The fraction of sp³-hybridized carbons (Fsp3) is 0.125. The summed E-state index contributed by atoms with van der Waals surface area (Å²) in [4.78, 5) is 0. The SMILES string of the molecule is CN(c1ccc(C#N)cc1)P(N)(N)=O. The molecule has 5 nitrogen and oxygen atoms in total. The normalized spacial score (nSPS) is 10.7. The van der Waals surface area contributed by atoms with Gasteiger partial charge in [0.05, 0.1) is 11.6 Å². The highest BCUT2D eigenvalue weighted by Gasteiger charge is 2.16. The Kier molecular flexibility index (Phi) is 2.92. The lowest BCUT2D eigenvalue weighted by Crippen LogP contribution is -2.24. The Morgan fingerprint density at radius 3 is 2.21 bits per heavy atom. The van der Waals surface area contributed by atoms with Crippen LogP contribution in [0.1, 0.15) is 5.56 Å². The molecule has 0 heterocycles. The highest BCUT2D eigenvalue weighted by atomic mass is 31.2. The van der Waals surface area contributed by atoms with Crippen LogP contribution in [-0.4, -0.2) is 7.05 Å². The standard InChI is InChI=1S/C8H11N4OP/c1-12(14(10,11)13)8-4-2-7(6-9)3-5-8/h2-5H,1H3,(H4,10,11,13). The zero-order valence-electron chi connectivity index (χ0n) is 7.71. The topological polar surface area (TPSA) is 96.1 Å². The fourth-order valence-corrected chi connectivity index (χ4v) is 1.43. The summed E-state index contributed by atoms with van der Waals surface area (Å²) in [5, 5.41) is 8.56.